The lowest BCUT2D eigenvalue weighted by molar-refractivity contribution is -0.140. The molecule has 0 aliphatic carbocycles. The topological polar surface area (TPSA) is 63.6 Å². The number of aryl methyl sites for hydroxylation is 1. The first-order valence-electron chi connectivity index (χ1n) is 6.60. The first-order chi connectivity index (χ1) is 10.1. The zero-order valence-corrected chi connectivity index (χ0v) is 11.7. The third-order valence-corrected chi connectivity index (χ3v) is 3.22. The monoisotopic (exact) mass is 284 g/mol. The molecule has 0 aliphatic heterocycles. The molecule has 0 saturated carbocycles. The molecule has 2 aromatic rings. The number of aromatic hydroxyl groups is 1. The number of benzene rings is 2. The van der Waals surface area contributed by atoms with Gasteiger partial charge in [-0.3, -0.25) is 9.59 Å². The van der Waals surface area contributed by atoms with Crippen LogP contribution < -0.4 is 0 Å². The van der Waals surface area contributed by atoms with Crippen molar-refractivity contribution in [2.24, 2.45) is 0 Å². The molecule has 0 saturated heterocycles. The summed E-state index contributed by atoms with van der Waals surface area (Å²) in [5, 5.41) is 9.27. The fourth-order valence-electron chi connectivity index (χ4n) is 2.07. The lowest BCUT2D eigenvalue weighted by atomic mass is 9.96. The van der Waals surface area contributed by atoms with Gasteiger partial charge >= 0.3 is 5.97 Å². The highest BCUT2D eigenvalue weighted by atomic mass is 16.5. The smallest absolute Gasteiger partial charge is 0.305 e. The lowest BCUT2D eigenvalue weighted by Gasteiger charge is -2.08. The summed E-state index contributed by atoms with van der Waals surface area (Å²) in [7, 11) is 1.34. The van der Waals surface area contributed by atoms with E-state index < -0.39 is 0 Å². The van der Waals surface area contributed by atoms with E-state index in [2.05, 4.69) is 4.74 Å². The quantitative estimate of drug-likeness (QED) is 0.677. The molecule has 0 fully saturated rings. The van der Waals surface area contributed by atoms with Crippen LogP contribution in [0.1, 0.15) is 27.9 Å². The summed E-state index contributed by atoms with van der Waals surface area (Å²) in [5.74, 6) is -0.317. The van der Waals surface area contributed by atoms with Gasteiger partial charge in [-0.1, -0.05) is 24.3 Å². The van der Waals surface area contributed by atoms with E-state index in [1.54, 1.807) is 24.3 Å². The van der Waals surface area contributed by atoms with Crippen LogP contribution >= 0.6 is 0 Å². The second-order valence-electron chi connectivity index (χ2n) is 4.61. The van der Waals surface area contributed by atoms with E-state index in [0.29, 0.717) is 17.5 Å². The fourth-order valence-corrected chi connectivity index (χ4v) is 2.07. The van der Waals surface area contributed by atoms with Crippen molar-refractivity contribution in [2.45, 2.75) is 12.8 Å². The number of carbonyl (C=O) groups excluding carboxylic acids is 2. The Bertz CT molecular complexity index is 644. The number of phenols is 1. The normalized spacial score (nSPS) is 10.1. The van der Waals surface area contributed by atoms with Gasteiger partial charge in [0.15, 0.2) is 5.78 Å². The molecule has 0 heterocycles. The van der Waals surface area contributed by atoms with Crippen LogP contribution in [-0.2, 0) is 16.0 Å². The van der Waals surface area contributed by atoms with E-state index in [-0.39, 0.29) is 23.9 Å². The number of hydrogen-bond donors (Lipinski definition) is 1. The van der Waals surface area contributed by atoms with Gasteiger partial charge in [0.1, 0.15) is 5.75 Å². The standard InChI is InChI=1S/C17H16O4/c1-21-16(19)11-8-12-4-2-3-5-15(12)17(20)13-6-9-14(18)10-7-13/h2-7,9-10,18H,8,11H2,1H3. The van der Waals surface area contributed by atoms with Crippen LogP contribution in [-0.4, -0.2) is 24.0 Å². The maximum Gasteiger partial charge on any atom is 0.305 e. The average molecular weight is 284 g/mol. The van der Waals surface area contributed by atoms with E-state index in [9.17, 15) is 14.7 Å². The molecule has 0 aromatic heterocycles. The van der Waals surface area contributed by atoms with E-state index in [1.165, 1.54) is 19.2 Å². The number of hydrogen-bond acceptors (Lipinski definition) is 4. The van der Waals surface area contributed by atoms with E-state index in [4.69, 9.17) is 0 Å². The SMILES string of the molecule is COC(=O)CCc1ccccc1C(=O)c1ccc(O)cc1. The van der Waals surface area contributed by atoms with Gasteiger partial charge < -0.3 is 9.84 Å². The second-order valence-corrected chi connectivity index (χ2v) is 4.61. The maximum absolute atomic E-state index is 12.5. The van der Waals surface area contributed by atoms with Crippen molar-refractivity contribution in [3.8, 4) is 5.75 Å². The van der Waals surface area contributed by atoms with Crippen LogP contribution in [0.4, 0.5) is 0 Å². The van der Waals surface area contributed by atoms with Crippen LogP contribution in [0.5, 0.6) is 5.75 Å². The lowest BCUT2D eigenvalue weighted by Crippen LogP contribution is -2.08. The van der Waals surface area contributed by atoms with Crippen LogP contribution in [0, 0.1) is 0 Å². The molecule has 0 radical (unpaired) electrons. The summed E-state index contributed by atoms with van der Waals surface area (Å²) in [5.41, 5.74) is 1.87. The molecule has 0 unspecified atom stereocenters. The highest BCUT2D eigenvalue weighted by molar-refractivity contribution is 6.10. The molecule has 2 aromatic carbocycles. The van der Waals surface area contributed by atoms with Crippen molar-refractivity contribution in [1.29, 1.82) is 0 Å². The molecule has 0 amide bonds. The summed E-state index contributed by atoms with van der Waals surface area (Å²) in [6, 6.07) is 13.3. The molecule has 0 aliphatic rings. The number of rotatable bonds is 5. The Hall–Kier alpha value is -2.62. The summed E-state index contributed by atoms with van der Waals surface area (Å²) >= 11 is 0. The van der Waals surface area contributed by atoms with Crippen molar-refractivity contribution >= 4 is 11.8 Å². The predicted octanol–water partition coefficient (Wildman–Crippen LogP) is 2.73. The Labute approximate surface area is 123 Å². The Balaban J connectivity index is 2.24. The minimum absolute atomic E-state index is 0.116. The molecule has 1 N–H and O–H groups in total. The van der Waals surface area contributed by atoms with E-state index in [0.717, 1.165) is 5.56 Å². The molecule has 0 spiro atoms. The van der Waals surface area contributed by atoms with Crippen LogP contribution in [0.25, 0.3) is 0 Å². The third kappa shape index (κ3) is 3.69. The van der Waals surface area contributed by atoms with Gasteiger partial charge in [-0.15, -0.1) is 0 Å². The first kappa shape index (κ1) is 14.8. The minimum atomic E-state index is -0.304. The Kier molecular flexibility index (Phi) is 4.72. The van der Waals surface area contributed by atoms with Gasteiger partial charge in [0, 0.05) is 17.5 Å². The number of phenolic OH excluding ortho intramolecular Hbond substituents is 1. The zero-order chi connectivity index (χ0) is 15.2. The molecule has 4 nitrogen and oxygen atoms in total. The fraction of sp³-hybridized carbons (Fsp3) is 0.176. The molecular formula is C17H16O4. The van der Waals surface area contributed by atoms with Gasteiger partial charge in [-0.25, -0.2) is 0 Å². The molecule has 21 heavy (non-hydrogen) atoms. The summed E-state index contributed by atoms with van der Waals surface area (Å²) < 4.78 is 4.62. The van der Waals surface area contributed by atoms with Crippen molar-refractivity contribution in [3.63, 3.8) is 0 Å². The third-order valence-electron chi connectivity index (χ3n) is 3.22. The minimum Gasteiger partial charge on any atom is -0.508 e. The predicted molar refractivity (Wildman–Crippen MR) is 78.3 cm³/mol. The van der Waals surface area contributed by atoms with Crippen molar-refractivity contribution in [3.05, 3.63) is 65.2 Å². The van der Waals surface area contributed by atoms with E-state index in [1.807, 2.05) is 12.1 Å². The molecule has 0 bridgehead atoms. The van der Waals surface area contributed by atoms with Crippen molar-refractivity contribution in [2.75, 3.05) is 7.11 Å². The molecule has 2 rings (SSSR count). The number of methoxy groups -OCH3 is 1. The molecule has 108 valence electrons. The Morgan fingerprint density at radius 3 is 2.38 bits per heavy atom. The maximum atomic E-state index is 12.5. The van der Waals surface area contributed by atoms with Crippen molar-refractivity contribution in [1.82, 2.24) is 0 Å². The molecular weight excluding hydrogens is 268 g/mol. The first-order valence-corrected chi connectivity index (χ1v) is 6.60. The van der Waals surface area contributed by atoms with E-state index >= 15 is 0 Å². The van der Waals surface area contributed by atoms with Crippen LogP contribution in [0.3, 0.4) is 0 Å². The van der Waals surface area contributed by atoms with Crippen molar-refractivity contribution < 1.29 is 19.4 Å². The summed E-state index contributed by atoms with van der Waals surface area (Å²) in [6.45, 7) is 0. The summed E-state index contributed by atoms with van der Waals surface area (Å²) in [4.78, 5) is 23.7. The highest BCUT2D eigenvalue weighted by Crippen LogP contribution is 2.18. The second kappa shape index (κ2) is 6.70. The van der Waals surface area contributed by atoms with Crippen LogP contribution in [0.2, 0.25) is 0 Å². The van der Waals surface area contributed by atoms with Crippen LogP contribution in [0.15, 0.2) is 48.5 Å². The number of ketones is 1. The number of carbonyl (C=O) groups is 2. The average Bonchev–Trinajstić information content (AvgIpc) is 2.53. The van der Waals surface area contributed by atoms with Gasteiger partial charge in [-0.05, 0) is 36.2 Å². The Morgan fingerprint density at radius 2 is 1.71 bits per heavy atom. The summed E-state index contributed by atoms with van der Waals surface area (Å²) in [6.07, 6.45) is 0.684. The molecule has 4 heteroatoms. The van der Waals surface area contributed by atoms with Gasteiger partial charge in [0.25, 0.3) is 0 Å². The number of esters is 1. The van der Waals surface area contributed by atoms with Gasteiger partial charge in [0.05, 0.1) is 7.11 Å². The number of ether oxygens (including phenoxy) is 1. The highest BCUT2D eigenvalue weighted by Gasteiger charge is 2.14. The molecule has 0 atom stereocenters. The van der Waals surface area contributed by atoms with Gasteiger partial charge in [0.2, 0.25) is 0 Å². The Morgan fingerprint density at radius 1 is 1.05 bits per heavy atom. The largest absolute Gasteiger partial charge is 0.508 e. The zero-order valence-electron chi connectivity index (χ0n) is 11.7. The van der Waals surface area contributed by atoms with Gasteiger partial charge in [-0.2, -0.15) is 0 Å².